The number of aromatic nitrogens is 3. The Morgan fingerprint density at radius 1 is 1.31 bits per heavy atom. The first kappa shape index (κ1) is 16.8. The molecule has 2 aliphatic heterocycles. The molecule has 1 N–H and O–H groups in total. The van der Waals surface area contributed by atoms with E-state index in [4.69, 9.17) is 4.74 Å². The van der Waals surface area contributed by atoms with Gasteiger partial charge in [-0.25, -0.2) is 4.79 Å². The van der Waals surface area contributed by atoms with Crippen LogP contribution in [0.1, 0.15) is 13.1 Å². The molecule has 1 fully saturated rings. The number of fused-ring (bicyclic) bond motifs is 3. The van der Waals surface area contributed by atoms with Crippen LogP contribution in [0.25, 0.3) is 11.4 Å². The third-order valence-electron chi connectivity index (χ3n) is 4.78. The van der Waals surface area contributed by atoms with Gasteiger partial charge >= 0.3 is 6.03 Å². The molecule has 0 bridgehead atoms. The molecule has 0 radical (unpaired) electrons. The molecule has 1 aromatic carbocycles. The molecule has 1 saturated heterocycles. The largest absolute Gasteiger partial charge is 0.496 e. The molecule has 2 aliphatic rings. The van der Waals surface area contributed by atoms with Gasteiger partial charge in [0.15, 0.2) is 11.9 Å². The predicted octanol–water partition coefficient (Wildman–Crippen LogP) is 1.60. The van der Waals surface area contributed by atoms with E-state index in [9.17, 15) is 9.59 Å². The highest BCUT2D eigenvalue weighted by Crippen LogP contribution is 2.42. The number of nitrogens with zero attached hydrogens (tertiary/aromatic N) is 5. The summed E-state index contributed by atoms with van der Waals surface area (Å²) in [6.45, 7) is 2.49. The third kappa shape index (κ3) is 2.21. The number of methoxy groups -OCH3 is 1. The van der Waals surface area contributed by atoms with E-state index in [0.29, 0.717) is 24.1 Å². The van der Waals surface area contributed by atoms with Crippen molar-refractivity contribution in [3.63, 3.8) is 0 Å². The van der Waals surface area contributed by atoms with Crippen LogP contribution in [-0.4, -0.2) is 58.3 Å². The zero-order valence-electron chi connectivity index (χ0n) is 14.4. The maximum absolute atomic E-state index is 12.5. The number of imide groups is 1. The van der Waals surface area contributed by atoms with Crippen LogP contribution in [0.5, 0.6) is 5.75 Å². The number of amides is 3. The van der Waals surface area contributed by atoms with E-state index in [1.807, 2.05) is 34.6 Å². The maximum Gasteiger partial charge on any atom is 0.325 e. The Labute approximate surface area is 158 Å². The number of rotatable bonds is 3. The Bertz CT molecular complexity index is 913. The van der Waals surface area contributed by atoms with Gasteiger partial charge in [0.1, 0.15) is 11.9 Å². The van der Waals surface area contributed by atoms with E-state index >= 15 is 0 Å². The Kier molecular flexibility index (Phi) is 3.87. The Balaban J connectivity index is 1.93. The fourth-order valence-corrected chi connectivity index (χ4v) is 3.94. The third-order valence-corrected chi connectivity index (χ3v) is 5.27. The van der Waals surface area contributed by atoms with Crippen molar-refractivity contribution in [3.05, 3.63) is 22.7 Å². The number of urea groups is 1. The lowest BCUT2D eigenvalue weighted by molar-refractivity contribution is -0.124. The van der Waals surface area contributed by atoms with Crippen molar-refractivity contribution in [2.75, 3.05) is 25.6 Å². The Morgan fingerprint density at radius 3 is 2.77 bits per heavy atom. The van der Waals surface area contributed by atoms with Gasteiger partial charge in [0.25, 0.3) is 5.91 Å². The summed E-state index contributed by atoms with van der Waals surface area (Å²) in [6, 6.07) is 4.58. The number of carbonyl (C=O) groups excluding carboxylic acids is 2. The predicted molar refractivity (Wildman–Crippen MR) is 96.9 cm³/mol. The smallest absolute Gasteiger partial charge is 0.325 e. The lowest BCUT2D eigenvalue weighted by Gasteiger charge is -2.36. The van der Waals surface area contributed by atoms with Crippen molar-refractivity contribution >= 4 is 33.8 Å². The molecule has 3 heterocycles. The Hall–Kier alpha value is -2.62. The number of hydrogen-bond donors (Lipinski definition) is 1. The van der Waals surface area contributed by atoms with E-state index in [-0.39, 0.29) is 5.91 Å². The molecule has 136 valence electrons. The van der Waals surface area contributed by atoms with E-state index < -0.39 is 18.2 Å². The highest BCUT2D eigenvalue weighted by molar-refractivity contribution is 9.10. The first-order valence-electron chi connectivity index (χ1n) is 8.11. The topological polar surface area (TPSA) is 92.6 Å². The van der Waals surface area contributed by atoms with Crippen LogP contribution in [0.15, 0.2) is 22.7 Å². The van der Waals surface area contributed by atoms with Crippen molar-refractivity contribution in [1.82, 2.24) is 25.0 Å². The molecular formula is C16H17BrN6O3. The molecule has 3 amide bonds. The van der Waals surface area contributed by atoms with Crippen LogP contribution < -0.4 is 15.0 Å². The summed E-state index contributed by atoms with van der Waals surface area (Å²) in [5.74, 6) is 1.39. The quantitative estimate of drug-likeness (QED) is 0.810. The standard InChI is InChI=1S/C16H17BrN6O3/c1-4-22-11-13(24)18-16(25)21(2)14(11)23-12(19-20-15(22)23)9-7-8(17)5-6-10(9)26-3/h5-7,11,14H,4H2,1-3H3,(H,18,24,25). The summed E-state index contributed by atoms with van der Waals surface area (Å²) in [4.78, 5) is 28.0. The van der Waals surface area contributed by atoms with Crippen molar-refractivity contribution in [2.45, 2.75) is 19.1 Å². The van der Waals surface area contributed by atoms with Crippen molar-refractivity contribution in [1.29, 1.82) is 0 Å². The SMILES string of the molecule is CCN1c2nnc(-c3cc(Br)ccc3OC)n2C2C1C(=O)NC(=O)N2C. The van der Waals surface area contributed by atoms with Gasteiger partial charge in [-0.15, -0.1) is 10.2 Å². The summed E-state index contributed by atoms with van der Waals surface area (Å²) >= 11 is 3.47. The molecule has 2 aromatic rings. The van der Waals surface area contributed by atoms with Gasteiger partial charge in [-0.05, 0) is 25.1 Å². The molecule has 0 spiro atoms. The summed E-state index contributed by atoms with van der Waals surface area (Å²) < 4.78 is 8.15. The van der Waals surface area contributed by atoms with Gasteiger partial charge in [-0.1, -0.05) is 15.9 Å². The number of hydrogen-bond acceptors (Lipinski definition) is 6. The monoisotopic (exact) mass is 420 g/mol. The molecule has 26 heavy (non-hydrogen) atoms. The van der Waals surface area contributed by atoms with Gasteiger partial charge in [-0.3, -0.25) is 14.7 Å². The molecular weight excluding hydrogens is 404 g/mol. The van der Waals surface area contributed by atoms with E-state index in [1.165, 1.54) is 4.90 Å². The second-order valence-electron chi connectivity index (χ2n) is 6.09. The lowest BCUT2D eigenvalue weighted by atomic mass is 10.1. The van der Waals surface area contributed by atoms with E-state index in [2.05, 4.69) is 31.4 Å². The fourth-order valence-electron chi connectivity index (χ4n) is 3.58. The minimum atomic E-state index is -0.551. The number of anilines is 1. The molecule has 2 atom stereocenters. The second-order valence-corrected chi connectivity index (χ2v) is 7.00. The molecule has 10 heteroatoms. The van der Waals surface area contributed by atoms with Crippen LogP contribution >= 0.6 is 15.9 Å². The number of likely N-dealkylation sites (N-methyl/N-ethyl adjacent to an activating group) is 2. The highest BCUT2D eigenvalue weighted by Gasteiger charge is 2.52. The normalized spacial score (nSPS) is 21.5. The molecule has 9 nitrogen and oxygen atoms in total. The van der Waals surface area contributed by atoms with Crippen LogP contribution in [0.3, 0.4) is 0 Å². The van der Waals surface area contributed by atoms with Gasteiger partial charge < -0.3 is 14.5 Å². The van der Waals surface area contributed by atoms with E-state index in [0.717, 1.165) is 10.0 Å². The molecule has 4 rings (SSSR count). The van der Waals surface area contributed by atoms with Crippen molar-refractivity contribution in [3.8, 4) is 17.1 Å². The van der Waals surface area contributed by atoms with Crippen LogP contribution in [-0.2, 0) is 4.79 Å². The van der Waals surface area contributed by atoms with Gasteiger partial charge in [0.05, 0.1) is 12.7 Å². The molecule has 2 unspecified atom stereocenters. The zero-order chi connectivity index (χ0) is 18.6. The number of carbonyl (C=O) groups is 2. The molecule has 0 aliphatic carbocycles. The fraction of sp³-hybridized carbons (Fsp3) is 0.375. The summed E-state index contributed by atoms with van der Waals surface area (Å²) in [7, 11) is 3.24. The number of halogens is 1. The summed E-state index contributed by atoms with van der Waals surface area (Å²) in [5.41, 5.74) is 0.726. The van der Waals surface area contributed by atoms with Crippen LogP contribution in [0.2, 0.25) is 0 Å². The van der Waals surface area contributed by atoms with Gasteiger partial charge in [-0.2, -0.15) is 0 Å². The second kappa shape index (κ2) is 5.97. The number of nitrogens with one attached hydrogen (secondary N) is 1. The minimum Gasteiger partial charge on any atom is -0.496 e. The minimum absolute atomic E-state index is 0.336. The maximum atomic E-state index is 12.5. The lowest BCUT2D eigenvalue weighted by Crippen LogP contribution is -2.61. The van der Waals surface area contributed by atoms with E-state index in [1.54, 1.807) is 14.2 Å². The van der Waals surface area contributed by atoms with Gasteiger partial charge in [0.2, 0.25) is 5.95 Å². The summed E-state index contributed by atoms with van der Waals surface area (Å²) in [5, 5.41) is 11.0. The average Bonchev–Trinajstić information content (AvgIpc) is 3.17. The number of benzene rings is 1. The molecule has 0 saturated carbocycles. The van der Waals surface area contributed by atoms with Crippen molar-refractivity contribution in [2.24, 2.45) is 0 Å². The highest BCUT2D eigenvalue weighted by atomic mass is 79.9. The van der Waals surface area contributed by atoms with Crippen molar-refractivity contribution < 1.29 is 14.3 Å². The first-order chi connectivity index (χ1) is 12.5. The van der Waals surface area contributed by atoms with Crippen LogP contribution in [0, 0.1) is 0 Å². The summed E-state index contributed by atoms with van der Waals surface area (Å²) in [6.07, 6.45) is -0.528. The zero-order valence-corrected chi connectivity index (χ0v) is 16.0. The van der Waals surface area contributed by atoms with Crippen LogP contribution in [0.4, 0.5) is 10.7 Å². The first-order valence-corrected chi connectivity index (χ1v) is 8.90. The Morgan fingerprint density at radius 2 is 2.08 bits per heavy atom. The van der Waals surface area contributed by atoms with Gasteiger partial charge in [0, 0.05) is 18.1 Å². The number of ether oxygens (including phenoxy) is 1. The average molecular weight is 421 g/mol. The molecule has 1 aromatic heterocycles.